The van der Waals surface area contributed by atoms with Crippen molar-refractivity contribution in [2.75, 3.05) is 23.9 Å². The zero-order valence-electron chi connectivity index (χ0n) is 9.65. The first kappa shape index (κ1) is 13.8. The summed E-state index contributed by atoms with van der Waals surface area (Å²) in [7, 11) is 0. The summed E-state index contributed by atoms with van der Waals surface area (Å²) < 4.78 is 13.7. The standard InChI is InChI=1S/C12H17BrFNS/c1-9-7-11(14)10(13)8-12(9)15-5-3-4-6-16-2/h7-8,15H,3-6H2,1-2H3. The van der Waals surface area contributed by atoms with Crippen LogP contribution in [0.4, 0.5) is 10.1 Å². The van der Waals surface area contributed by atoms with Crippen molar-refractivity contribution in [3.05, 3.63) is 28.0 Å². The Kier molecular flexibility index (Phi) is 6.21. The predicted octanol–water partition coefficient (Wildman–Crippen LogP) is 4.45. The Labute approximate surface area is 109 Å². The van der Waals surface area contributed by atoms with Crippen LogP contribution in [0.2, 0.25) is 0 Å². The van der Waals surface area contributed by atoms with Gasteiger partial charge in [0.05, 0.1) is 4.47 Å². The Morgan fingerprint density at radius 2 is 2.12 bits per heavy atom. The zero-order chi connectivity index (χ0) is 12.0. The molecule has 1 aromatic carbocycles. The quantitative estimate of drug-likeness (QED) is 0.779. The van der Waals surface area contributed by atoms with Gasteiger partial charge in [0.1, 0.15) is 5.82 Å². The molecule has 0 atom stereocenters. The number of thioether (sulfide) groups is 1. The number of benzene rings is 1. The molecule has 0 unspecified atom stereocenters. The Morgan fingerprint density at radius 1 is 1.38 bits per heavy atom. The first-order chi connectivity index (χ1) is 7.65. The number of rotatable bonds is 6. The van der Waals surface area contributed by atoms with Crippen LogP contribution in [0.15, 0.2) is 16.6 Å². The van der Waals surface area contributed by atoms with Gasteiger partial charge in [0.25, 0.3) is 0 Å². The van der Waals surface area contributed by atoms with E-state index in [1.54, 1.807) is 12.1 Å². The first-order valence-corrected chi connectivity index (χ1v) is 7.52. The van der Waals surface area contributed by atoms with Gasteiger partial charge in [-0.2, -0.15) is 11.8 Å². The molecule has 0 fully saturated rings. The van der Waals surface area contributed by atoms with Crippen LogP contribution < -0.4 is 5.32 Å². The van der Waals surface area contributed by atoms with Crippen LogP contribution >= 0.6 is 27.7 Å². The maximum atomic E-state index is 13.2. The fourth-order valence-electron chi connectivity index (χ4n) is 1.43. The molecule has 16 heavy (non-hydrogen) atoms. The molecule has 1 nitrogen and oxygen atoms in total. The van der Waals surface area contributed by atoms with Gasteiger partial charge in [-0.1, -0.05) is 0 Å². The molecule has 0 aliphatic carbocycles. The van der Waals surface area contributed by atoms with E-state index in [4.69, 9.17) is 0 Å². The summed E-state index contributed by atoms with van der Waals surface area (Å²) >= 11 is 5.07. The van der Waals surface area contributed by atoms with E-state index in [1.165, 1.54) is 12.2 Å². The second-order valence-corrected chi connectivity index (χ2v) is 5.55. The molecule has 0 heterocycles. The molecule has 0 saturated heterocycles. The lowest BCUT2D eigenvalue weighted by Crippen LogP contribution is -2.03. The van der Waals surface area contributed by atoms with Gasteiger partial charge in [0, 0.05) is 12.2 Å². The molecule has 4 heteroatoms. The lowest BCUT2D eigenvalue weighted by Gasteiger charge is -2.10. The molecule has 0 aromatic heterocycles. The van der Waals surface area contributed by atoms with Crippen molar-refractivity contribution in [1.82, 2.24) is 0 Å². The van der Waals surface area contributed by atoms with Crippen LogP contribution in [0.5, 0.6) is 0 Å². The third-order valence-electron chi connectivity index (χ3n) is 2.36. The highest BCUT2D eigenvalue weighted by atomic mass is 79.9. The normalized spacial score (nSPS) is 10.5. The third-order valence-corrected chi connectivity index (χ3v) is 3.66. The predicted molar refractivity (Wildman–Crippen MR) is 74.9 cm³/mol. The Bertz CT molecular complexity index is 344. The summed E-state index contributed by atoms with van der Waals surface area (Å²) in [5.74, 6) is 0.999. The molecule has 0 bridgehead atoms. The Morgan fingerprint density at radius 3 is 2.81 bits per heavy atom. The number of anilines is 1. The van der Waals surface area contributed by atoms with Crippen LogP contribution in [0.3, 0.4) is 0 Å². The molecular formula is C12H17BrFNS. The largest absolute Gasteiger partial charge is 0.385 e. The van der Waals surface area contributed by atoms with Crippen LogP contribution in [0.1, 0.15) is 18.4 Å². The molecule has 0 aliphatic rings. The molecular weight excluding hydrogens is 289 g/mol. The minimum atomic E-state index is -0.203. The third kappa shape index (κ3) is 4.34. The van der Waals surface area contributed by atoms with Crippen molar-refractivity contribution in [1.29, 1.82) is 0 Å². The van der Waals surface area contributed by atoms with Gasteiger partial charge in [-0.3, -0.25) is 0 Å². The van der Waals surface area contributed by atoms with Crippen molar-refractivity contribution >= 4 is 33.4 Å². The number of hydrogen-bond donors (Lipinski definition) is 1. The Hall–Kier alpha value is -0.220. The SMILES string of the molecule is CSCCCCNc1cc(Br)c(F)cc1C. The van der Waals surface area contributed by atoms with Gasteiger partial charge in [0.15, 0.2) is 0 Å². The van der Waals surface area contributed by atoms with E-state index in [9.17, 15) is 4.39 Å². The lowest BCUT2D eigenvalue weighted by molar-refractivity contribution is 0.620. The molecule has 1 rings (SSSR count). The summed E-state index contributed by atoms with van der Waals surface area (Å²) in [5, 5.41) is 3.33. The highest BCUT2D eigenvalue weighted by Crippen LogP contribution is 2.24. The lowest BCUT2D eigenvalue weighted by atomic mass is 10.2. The van der Waals surface area contributed by atoms with Gasteiger partial charge >= 0.3 is 0 Å². The fourth-order valence-corrected chi connectivity index (χ4v) is 2.27. The molecule has 0 radical (unpaired) electrons. The maximum absolute atomic E-state index is 13.2. The van der Waals surface area contributed by atoms with E-state index in [-0.39, 0.29) is 5.82 Å². The smallest absolute Gasteiger partial charge is 0.137 e. The molecule has 0 saturated carbocycles. The average Bonchev–Trinajstić information content (AvgIpc) is 2.25. The topological polar surface area (TPSA) is 12.0 Å². The number of halogens is 2. The second-order valence-electron chi connectivity index (χ2n) is 3.71. The van der Waals surface area contributed by atoms with Crippen LogP contribution in [-0.2, 0) is 0 Å². The van der Waals surface area contributed by atoms with E-state index in [0.29, 0.717) is 4.47 Å². The first-order valence-electron chi connectivity index (χ1n) is 5.33. The average molecular weight is 306 g/mol. The summed E-state index contributed by atoms with van der Waals surface area (Å²) in [6.45, 7) is 2.86. The molecule has 0 amide bonds. The zero-order valence-corrected chi connectivity index (χ0v) is 12.0. The van der Waals surface area contributed by atoms with E-state index in [2.05, 4.69) is 27.5 Å². The minimum absolute atomic E-state index is 0.203. The summed E-state index contributed by atoms with van der Waals surface area (Å²) in [5.41, 5.74) is 1.96. The number of hydrogen-bond acceptors (Lipinski definition) is 2. The van der Waals surface area contributed by atoms with E-state index < -0.39 is 0 Å². The molecule has 0 aliphatic heterocycles. The second kappa shape index (κ2) is 7.17. The van der Waals surface area contributed by atoms with Crippen LogP contribution in [0, 0.1) is 12.7 Å². The van der Waals surface area contributed by atoms with Crippen molar-refractivity contribution in [2.45, 2.75) is 19.8 Å². The fraction of sp³-hybridized carbons (Fsp3) is 0.500. The molecule has 1 aromatic rings. The van der Waals surface area contributed by atoms with Gasteiger partial charge < -0.3 is 5.32 Å². The summed E-state index contributed by atoms with van der Waals surface area (Å²) in [6, 6.07) is 3.35. The van der Waals surface area contributed by atoms with E-state index >= 15 is 0 Å². The van der Waals surface area contributed by atoms with Gasteiger partial charge in [-0.05, 0) is 65.4 Å². The monoisotopic (exact) mass is 305 g/mol. The highest BCUT2D eigenvalue weighted by molar-refractivity contribution is 9.10. The molecule has 1 N–H and O–H groups in total. The van der Waals surface area contributed by atoms with Crippen molar-refractivity contribution in [2.24, 2.45) is 0 Å². The van der Waals surface area contributed by atoms with Gasteiger partial charge in [-0.15, -0.1) is 0 Å². The van der Waals surface area contributed by atoms with Crippen molar-refractivity contribution in [3.63, 3.8) is 0 Å². The highest BCUT2D eigenvalue weighted by Gasteiger charge is 2.04. The summed E-state index contributed by atoms with van der Waals surface area (Å²) in [6.07, 6.45) is 4.49. The number of unbranched alkanes of at least 4 members (excludes halogenated alkanes) is 1. The maximum Gasteiger partial charge on any atom is 0.137 e. The van der Waals surface area contributed by atoms with Crippen LogP contribution in [-0.4, -0.2) is 18.6 Å². The van der Waals surface area contributed by atoms with Crippen molar-refractivity contribution < 1.29 is 4.39 Å². The number of nitrogens with one attached hydrogen (secondary N) is 1. The van der Waals surface area contributed by atoms with Crippen LogP contribution in [0.25, 0.3) is 0 Å². The van der Waals surface area contributed by atoms with E-state index in [1.807, 2.05) is 18.7 Å². The summed E-state index contributed by atoms with van der Waals surface area (Å²) in [4.78, 5) is 0. The van der Waals surface area contributed by atoms with Crippen molar-refractivity contribution in [3.8, 4) is 0 Å². The van der Waals surface area contributed by atoms with Gasteiger partial charge in [0.2, 0.25) is 0 Å². The van der Waals surface area contributed by atoms with E-state index in [0.717, 1.165) is 24.2 Å². The minimum Gasteiger partial charge on any atom is -0.385 e. The molecule has 90 valence electrons. The van der Waals surface area contributed by atoms with Gasteiger partial charge in [-0.25, -0.2) is 4.39 Å². The Balaban J connectivity index is 2.45. The molecule has 0 spiro atoms. The number of aryl methyl sites for hydroxylation is 1.